The minimum atomic E-state index is 0.117. The first kappa shape index (κ1) is 18.0. The van der Waals surface area contributed by atoms with Gasteiger partial charge in [0.05, 0.1) is 12.3 Å². The molecule has 7 heteroatoms. The highest BCUT2D eigenvalue weighted by Crippen LogP contribution is 2.27. The number of hydrogen-bond acceptors (Lipinski definition) is 4. The van der Waals surface area contributed by atoms with Crippen molar-refractivity contribution in [2.75, 3.05) is 5.48 Å². The molecule has 1 aromatic heterocycles. The lowest BCUT2D eigenvalue weighted by atomic mass is 10.1. The Morgan fingerprint density at radius 1 is 0.880 bits per heavy atom. The molecular formula is C18H14Cl3N3O. The smallest absolute Gasteiger partial charge is 0.224 e. The number of aromatic nitrogens is 2. The molecule has 3 rings (SSSR count). The number of anilines is 1. The highest BCUT2D eigenvalue weighted by molar-refractivity contribution is 6.36. The van der Waals surface area contributed by atoms with Crippen molar-refractivity contribution in [1.82, 2.24) is 9.97 Å². The maximum atomic E-state index is 6.21. The van der Waals surface area contributed by atoms with Crippen molar-refractivity contribution in [2.45, 2.75) is 13.0 Å². The molecule has 0 saturated carbocycles. The summed E-state index contributed by atoms with van der Waals surface area (Å²) in [6, 6.07) is 16.9. The van der Waals surface area contributed by atoms with Gasteiger partial charge in [-0.25, -0.2) is 10.5 Å². The van der Waals surface area contributed by atoms with Gasteiger partial charge in [-0.15, -0.1) is 0 Å². The van der Waals surface area contributed by atoms with Gasteiger partial charge in [0.15, 0.2) is 5.82 Å². The Balaban J connectivity index is 1.70. The number of nitrogens with zero attached hydrogens (tertiary/aromatic N) is 2. The zero-order valence-electron chi connectivity index (χ0n) is 13.0. The van der Waals surface area contributed by atoms with Crippen LogP contribution < -0.4 is 5.48 Å². The molecule has 128 valence electrons. The Morgan fingerprint density at radius 3 is 2.32 bits per heavy atom. The van der Waals surface area contributed by atoms with Gasteiger partial charge in [-0.1, -0.05) is 59.6 Å². The fourth-order valence-electron chi connectivity index (χ4n) is 2.26. The van der Waals surface area contributed by atoms with Gasteiger partial charge in [0, 0.05) is 22.5 Å². The van der Waals surface area contributed by atoms with E-state index in [1.807, 2.05) is 30.3 Å². The summed E-state index contributed by atoms with van der Waals surface area (Å²) >= 11 is 18.4. The number of halogens is 3. The van der Waals surface area contributed by atoms with Crippen LogP contribution in [-0.4, -0.2) is 9.97 Å². The average Bonchev–Trinajstić information content (AvgIpc) is 2.59. The number of hydrogen-bond donors (Lipinski definition) is 1. The van der Waals surface area contributed by atoms with E-state index in [9.17, 15) is 0 Å². The topological polar surface area (TPSA) is 47.0 Å². The molecular weight excluding hydrogens is 381 g/mol. The third-order valence-electron chi connectivity index (χ3n) is 3.43. The van der Waals surface area contributed by atoms with Crippen LogP contribution in [0, 0.1) is 0 Å². The molecule has 0 spiro atoms. The molecule has 0 atom stereocenters. The summed E-state index contributed by atoms with van der Waals surface area (Å²) in [5.74, 6) is 0.467. The van der Waals surface area contributed by atoms with Crippen molar-refractivity contribution in [3.63, 3.8) is 0 Å². The van der Waals surface area contributed by atoms with Crippen LogP contribution in [0.1, 0.15) is 16.8 Å². The van der Waals surface area contributed by atoms with Crippen molar-refractivity contribution in [3.05, 3.63) is 86.7 Å². The van der Waals surface area contributed by atoms with Crippen molar-refractivity contribution in [1.29, 1.82) is 0 Å². The van der Waals surface area contributed by atoms with Crippen molar-refractivity contribution in [2.24, 2.45) is 0 Å². The Bertz CT molecular complexity index is 839. The van der Waals surface area contributed by atoms with Gasteiger partial charge in [-0.3, -0.25) is 4.84 Å². The Kier molecular flexibility index (Phi) is 6.10. The van der Waals surface area contributed by atoms with Crippen LogP contribution in [0.4, 0.5) is 5.82 Å². The summed E-state index contributed by atoms with van der Waals surface area (Å²) in [4.78, 5) is 13.8. The summed E-state index contributed by atoms with van der Waals surface area (Å²) < 4.78 is 0. The molecule has 0 aliphatic rings. The van der Waals surface area contributed by atoms with Crippen molar-refractivity contribution < 1.29 is 4.84 Å². The Morgan fingerprint density at radius 2 is 1.60 bits per heavy atom. The van der Waals surface area contributed by atoms with E-state index in [4.69, 9.17) is 39.6 Å². The summed E-state index contributed by atoms with van der Waals surface area (Å²) in [7, 11) is 0. The average molecular weight is 395 g/mol. The Hall–Kier alpha value is -1.85. The van der Waals surface area contributed by atoms with Crippen LogP contribution in [0.15, 0.2) is 54.6 Å². The second-order valence-corrected chi connectivity index (χ2v) is 6.42. The van der Waals surface area contributed by atoms with Gasteiger partial charge in [-0.2, -0.15) is 4.98 Å². The molecule has 0 bridgehead atoms. The highest BCUT2D eigenvalue weighted by atomic mass is 35.5. The van der Waals surface area contributed by atoms with Crippen molar-refractivity contribution in [3.8, 4) is 0 Å². The molecule has 25 heavy (non-hydrogen) atoms. The van der Waals surface area contributed by atoms with Gasteiger partial charge in [0.1, 0.15) is 0 Å². The van der Waals surface area contributed by atoms with Crippen LogP contribution in [0.5, 0.6) is 0 Å². The third kappa shape index (κ3) is 5.06. The van der Waals surface area contributed by atoms with E-state index in [-0.39, 0.29) is 5.28 Å². The molecule has 0 amide bonds. The molecule has 0 saturated heterocycles. The maximum Gasteiger partial charge on any atom is 0.224 e. The lowest BCUT2D eigenvalue weighted by Crippen LogP contribution is -2.05. The fourth-order valence-corrected chi connectivity index (χ4v) is 2.99. The Labute approximate surface area is 160 Å². The van der Waals surface area contributed by atoms with E-state index in [0.717, 1.165) is 11.1 Å². The minimum absolute atomic E-state index is 0.117. The molecule has 4 nitrogen and oxygen atoms in total. The summed E-state index contributed by atoms with van der Waals surface area (Å²) in [5, 5.41) is 1.28. The van der Waals surface area contributed by atoms with E-state index >= 15 is 0 Å². The summed E-state index contributed by atoms with van der Waals surface area (Å²) in [5.41, 5.74) is 5.30. The minimum Gasteiger partial charge on any atom is -0.270 e. The molecule has 0 radical (unpaired) electrons. The predicted octanol–water partition coefficient (Wildman–Crippen LogP) is 5.57. The van der Waals surface area contributed by atoms with Crippen molar-refractivity contribution >= 4 is 40.6 Å². The van der Waals surface area contributed by atoms with Gasteiger partial charge < -0.3 is 0 Å². The van der Waals surface area contributed by atoms with Gasteiger partial charge in [-0.05, 0) is 34.9 Å². The van der Waals surface area contributed by atoms with Gasteiger partial charge >= 0.3 is 0 Å². The number of benzene rings is 2. The lowest BCUT2D eigenvalue weighted by Gasteiger charge is -2.10. The first-order chi connectivity index (χ1) is 12.1. The predicted molar refractivity (Wildman–Crippen MR) is 101 cm³/mol. The quantitative estimate of drug-likeness (QED) is 0.438. The van der Waals surface area contributed by atoms with E-state index in [2.05, 4.69) is 15.4 Å². The molecule has 3 aromatic rings. The molecule has 0 aliphatic carbocycles. The van der Waals surface area contributed by atoms with Crippen LogP contribution in [0.25, 0.3) is 0 Å². The van der Waals surface area contributed by atoms with Crippen LogP contribution in [0.2, 0.25) is 15.3 Å². The van der Waals surface area contributed by atoms with E-state index < -0.39 is 0 Å². The highest BCUT2D eigenvalue weighted by Gasteiger charge is 2.10. The number of nitrogens with one attached hydrogen (secondary N) is 1. The summed E-state index contributed by atoms with van der Waals surface area (Å²) in [6.45, 7) is 0.397. The maximum absolute atomic E-state index is 6.21. The van der Waals surface area contributed by atoms with Crippen LogP contribution >= 0.6 is 34.8 Å². The molecule has 0 aliphatic heterocycles. The second kappa shape index (κ2) is 8.50. The molecule has 1 N–H and O–H groups in total. The first-order valence-electron chi connectivity index (χ1n) is 7.50. The monoisotopic (exact) mass is 393 g/mol. The molecule has 0 unspecified atom stereocenters. The normalized spacial score (nSPS) is 10.7. The fraction of sp³-hybridized carbons (Fsp3) is 0.111. The van der Waals surface area contributed by atoms with E-state index in [0.29, 0.717) is 34.6 Å². The molecule has 1 heterocycles. The second-order valence-electron chi connectivity index (χ2n) is 5.27. The first-order valence-corrected chi connectivity index (χ1v) is 8.63. The molecule has 0 fully saturated rings. The lowest BCUT2D eigenvalue weighted by molar-refractivity contribution is 0.179. The van der Waals surface area contributed by atoms with Crippen LogP contribution in [0.3, 0.4) is 0 Å². The van der Waals surface area contributed by atoms with Gasteiger partial charge in [0.2, 0.25) is 5.28 Å². The number of rotatable bonds is 6. The largest absolute Gasteiger partial charge is 0.270 e. The zero-order valence-corrected chi connectivity index (χ0v) is 15.3. The third-order valence-corrected chi connectivity index (χ3v) is 4.31. The zero-order chi connectivity index (χ0) is 17.6. The van der Waals surface area contributed by atoms with Gasteiger partial charge in [0.25, 0.3) is 0 Å². The van der Waals surface area contributed by atoms with E-state index in [1.165, 1.54) is 0 Å². The standard InChI is InChI=1S/C18H14Cl3N3O/c19-15-7-4-8-16(20)14(15)9-13-10-17(23-18(21)22-13)24-25-11-12-5-2-1-3-6-12/h1-8,10H,9,11H2,(H,22,23,24). The summed E-state index contributed by atoms with van der Waals surface area (Å²) in [6.07, 6.45) is 0.439. The van der Waals surface area contributed by atoms with Crippen LogP contribution in [-0.2, 0) is 17.9 Å². The van der Waals surface area contributed by atoms with E-state index in [1.54, 1.807) is 24.3 Å². The SMILES string of the molecule is Clc1nc(Cc2c(Cl)cccc2Cl)cc(NOCc2ccccc2)n1. The molecule has 2 aromatic carbocycles.